The van der Waals surface area contributed by atoms with E-state index in [0.717, 1.165) is 5.69 Å². The number of ether oxygens (including phenoxy) is 1. The zero-order chi connectivity index (χ0) is 18.7. The molecule has 7 nitrogen and oxygen atoms in total. The highest BCUT2D eigenvalue weighted by Gasteiger charge is 2.16. The number of para-hydroxylation sites is 1. The third-order valence-corrected chi connectivity index (χ3v) is 3.69. The van der Waals surface area contributed by atoms with Crippen molar-refractivity contribution in [1.82, 2.24) is 19.6 Å². The van der Waals surface area contributed by atoms with E-state index < -0.39 is 0 Å². The van der Waals surface area contributed by atoms with Gasteiger partial charge in [-0.05, 0) is 39.0 Å². The molecule has 0 aliphatic rings. The number of aromatic nitrogens is 4. The zero-order valence-electron chi connectivity index (χ0n) is 14.9. The van der Waals surface area contributed by atoms with Gasteiger partial charge in [0.2, 0.25) is 5.88 Å². The average molecular weight is 352 g/mol. The molecular formula is C19H20N4O3. The number of carbonyl (C=O) groups is 1. The Labute approximate surface area is 150 Å². The summed E-state index contributed by atoms with van der Waals surface area (Å²) in [5.74, 6) is 0.232. The van der Waals surface area contributed by atoms with Gasteiger partial charge in [0.15, 0.2) is 5.78 Å². The molecule has 2 aromatic heterocycles. The van der Waals surface area contributed by atoms with Crippen LogP contribution in [0.15, 0.2) is 53.3 Å². The van der Waals surface area contributed by atoms with Gasteiger partial charge in [-0.25, -0.2) is 9.36 Å². The third-order valence-electron chi connectivity index (χ3n) is 3.69. The number of ketones is 1. The third kappa shape index (κ3) is 3.72. The molecule has 0 aliphatic carbocycles. The van der Waals surface area contributed by atoms with Crippen molar-refractivity contribution in [2.75, 3.05) is 6.61 Å². The lowest BCUT2D eigenvalue weighted by atomic mass is 10.2. The number of hydrogen-bond donors (Lipinski definition) is 0. The van der Waals surface area contributed by atoms with E-state index in [2.05, 4.69) is 10.2 Å². The van der Waals surface area contributed by atoms with Gasteiger partial charge in [0.05, 0.1) is 17.4 Å². The number of carbonyl (C=O) groups excluding carboxylic acids is 1. The number of benzene rings is 1. The molecule has 1 aromatic carbocycles. The molecule has 2 heterocycles. The Hall–Kier alpha value is -3.22. The Morgan fingerprint density at radius 1 is 1.12 bits per heavy atom. The van der Waals surface area contributed by atoms with Crippen molar-refractivity contribution in [2.45, 2.75) is 26.8 Å². The standard InChI is InChI=1S/C19H20N4O3/c1-13(2)22-19(25)10-9-16(20-22)17-11-18(26-12-14(3)24)21-23(17)15-7-5-4-6-8-15/h4-11,13H,12H2,1-3H3. The number of nitrogens with zero attached hydrogens (tertiary/aromatic N) is 4. The first-order valence-electron chi connectivity index (χ1n) is 8.33. The molecule has 0 N–H and O–H groups in total. The van der Waals surface area contributed by atoms with Gasteiger partial charge in [-0.15, -0.1) is 5.10 Å². The molecule has 0 saturated heterocycles. The van der Waals surface area contributed by atoms with Gasteiger partial charge >= 0.3 is 0 Å². The average Bonchev–Trinajstić information content (AvgIpc) is 3.05. The monoisotopic (exact) mass is 352 g/mol. The van der Waals surface area contributed by atoms with Crippen LogP contribution in [0.25, 0.3) is 17.1 Å². The molecule has 0 bridgehead atoms. The van der Waals surface area contributed by atoms with Gasteiger partial charge in [0.1, 0.15) is 12.3 Å². The molecular weight excluding hydrogens is 332 g/mol. The maximum Gasteiger partial charge on any atom is 0.267 e. The Balaban J connectivity index is 2.11. The zero-order valence-corrected chi connectivity index (χ0v) is 14.9. The van der Waals surface area contributed by atoms with Crippen LogP contribution in [0.5, 0.6) is 5.88 Å². The van der Waals surface area contributed by atoms with Crippen molar-refractivity contribution in [1.29, 1.82) is 0 Å². The minimum atomic E-state index is -0.164. The molecule has 0 radical (unpaired) electrons. The summed E-state index contributed by atoms with van der Waals surface area (Å²) in [5, 5.41) is 8.90. The Bertz CT molecular complexity index is 974. The molecule has 0 saturated carbocycles. The summed E-state index contributed by atoms with van der Waals surface area (Å²) >= 11 is 0. The fraction of sp³-hybridized carbons (Fsp3) is 0.263. The van der Waals surface area contributed by atoms with E-state index in [1.54, 1.807) is 16.8 Å². The second-order valence-corrected chi connectivity index (χ2v) is 6.20. The lowest BCUT2D eigenvalue weighted by molar-refractivity contribution is -0.119. The maximum atomic E-state index is 12.0. The lowest BCUT2D eigenvalue weighted by Gasteiger charge is -2.11. The van der Waals surface area contributed by atoms with Gasteiger partial charge in [-0.2, -0.15) is 5.10 Å². The largest absolute Gasteiger partial charge is 0.469 e. The number of Topliss-reactive ketones (excluding diaryl/α,β-unsaturated/α-hetero) is 1. The quantitative estimate of drug-likeness (QED) is 0.681. The van der Waals surface area contributed by atoms with Crippen LogP contribution in [-0.2, 0) is 4.79 Å². The van der Waals surface area contributed by atoms with Gasteiger partial charge in [0.25, 0.3) is 5.56 Å². The van der Waals surface area contributed by atoms with Gasteiger partial charge in [-0.1, -0.05) is 18.2 Å². The van der Waals surface area contributed by atoms with E-state index in [9.17, 15) is 9.59 Å². The first-order chi connectivity index (χ1) is 12.5. The maximum absolute atomic E-state index is 12.0. The fourth-order valence-electron chi connectivity index (χ4n) is 2.49. The summed E-state index contributed by atoms with van der Waals surface area (Å²) in [7, 11) is 0. The Morgan fingerprint density at radius 2 is 1.85 bits per heavy atom. The van der Waals surface area contributed by atoms with Crippen LogP contribution in [0.1, 0.15) is 26.8 Å². The van der Waals surface area contributed by atoms with E-state index in [-0.39, 0.29) is 24.0 Å². The van der Waals surface area contributed by atoms with E-state index in [0.29, 0.717) is 17.3 Å². The predicted molar refractivity (Wildman–Crippen MR) is 97.6 cm³/mol. The van der Waals surface area contributed by atoms with Crippen molar-refractivity contribution in [2.24, 2.45) is 0 Å². The first kappa shape index (κ1) is 17.6. The van der Waals surface area contributed by atoms with E-state index in [1.165, 1.54) is 17.7 Å². The predicted octanol–water partition coefficient (Wildman–Crippen LogP) is 2.64. The second-order valence-electron chi connectivity index (χ2n) is 6.20. The van der Waals surface area contributed by atoms with E-state index in [1.807, 2.05) is 44.2 Å². The molecule has 0 unspecified atom stereocenters. The molecule has 0 spiro atoms. The van der Waals surface area contributed by atoms with Crippen molar-refractivity contribution in [3.63, 3.8) is 0 Å². The number of rotatable bonds is 6. The van der Waals surface area contributed by atoms with Crippen molar-refractivity contribution in [3.05, 3.63) is 58.9 Å². The normalized spacial score (nSPS) is 10.9. The van der Waals surface area contributed by atoms with Crippen LogP contribution in [0.3, 0.4) is 0 Å². The molecule has 3 rings (SSSR count). The molecule has 3 aromatic rings. The number of hydrogen-bond acceptors (Lipinski definition) is 5. The van der Waals surface area contributed by atoms with Crippen molar-refractivity contribution >= 4 is 5.78 Å². The molecule has 134 valence electrons. The van der Waals surface area contributed by atoms with E-state index in [4.69, 9.17) is 4.74 Å². The summed E-state index contributed by atoms with van der Waals surface area (Å²) in [6, 6.07) is 14.3. The van der Waals surface area contributed by atoms with E-state index >= 15 is 0 Å². The Morgan fingerprint density at radius 3 is 2.50 bits per heavy atom. The smallest absolute Gasteiger partial charge is 0.267 e. The van der Waals surface area contributed by atoms with Crippen LogP contribution in [-0.4, -0.2) is 32.0 Å². The molecule has 0 fully saturated rings. The molecule has 0 atom stereocenters. The van der Waals surface area contributed by atoms with Crippen LogP contribution in [0.2, 0.25) is 0 Å². The lowest BCUT2D eigenvalue weighted by Crippen LogP contribution is -2.24. The van der Waals surface area contributed by atoms with Crippen LogP contribution >= 0.6 is 0 Å². The van der Waals surface area contributed by atoms with Gasteiger partial charge in [0, 0.05) is 12.1 Å². The topological polar surface area (TPSA) is 79.0 Å². The highest BCUT2D eigenvalue weighted by Crippen LogP contribution is 2.25. The SMILES string of the molecule is CC(=O)COc1cc(-c2ccc(=O)n(C(C)C)n2)n(-c2ccccc2)n1. The highest BCUT2D eigenvalue weighted by atomic mass is 16.5. The molecule has 26 heavy (non-hydrogen) atoms. The summed E-state index contributed by atoms with van der Waals surface area (Å²) in [6.07, 6.45) is 0. The van der Waals surface area contributed by atoms with Gasteiger partial charge < -0.3 is 4.74 Å². The summed E-state index contributed by atoms with van der Waals surface area (Å²) in [4.78, 5) is 23.2. The Kier molecular flexibility index (Phi) is 4.97. The fourth-order valence-corrected chi connectivity index (χ4v) is 2.49. The summed E-state index contributed by atoms with van der Waals surface area (Å²) in [5.41, 5.74) is 1.92. The highest BCUT2D eigenvalue weighted by molar-refractivity contribution is 5.77. The van der Waals surface area contributed by atoms with Crippen molar-refractivity contribution in [3.8, 4) is 23.0 Å². The van der Waals surface area contributed by atoms with Crippen LogP contribution in [0.4, 0.5) is 0 Å². The van der Waals surface area contributed by atoms with Gasteiger partial charge in [-0.3, -0.25) is 9.59 Å². The molecule has 7 heteroatoms. The van der Waals surface area contributed by atoms with Crippen LogP contribution < -0.4 is 10.3 Å². The minimum absolute atomic E-state index is 0.0514. The molecule has 0 amide bonds. The molecule has 0 aliphatic heterocycles. The van der Waals surface area contributed by atoms with Crippen LogP contribution in [0, 0.1) is 0 Å². The summed E-state index contributed by atoms with van der Waals surface area (Å²) in [6.45, 7) is 5.20. The second kappa shape index (κ2) is 7.35. The summed E-state index contributed by atoms with van der Waals surface area (Å²) < 4.78 is 8.57. The van der Waals surface area contributed by atoms with Crippen molar-refractivity contribution < 1.29 is 9.53 Å². The first-order valence-corrected chi connectivity index (χ1v) is 8.33. The minimum Gasteiger partial charge on any atom is -0.469 e.